The molecule has 1 aromatic carbocycles. The maximum absolute atomic E-state index is 8.70. The number of nitrogens with zero attached hydrogens (tertiary/aromatic N) is 1. The van der Waals surface area contributed by atoms with E-state index in [0.717, 1.165) is 11.3 Å². The van der Waals surface area contributed by atoms with Gasteiger partial charge >= 0.3 is 0 Å². The molecule has 3 heteroatoms. The summed E-state index contributed by atoms with van der Waals surface area (Å²) in [6.45, 7) is 3.74. The molecule has 15 heavy (non-hydrogen) atoms. The van der Waals surface area contributed by atoms with Crippen molar-refractivity contribution in [2.45, 2.75) is 0 Å². The number of hydrogen-bond acceptors (Lipinski definition) is 3. The Kier molecular flexibility index (Phi) is 3.45. The van der Waals surface area contributed by atoms with Gasteiger partial charge in [-0.1, -0.05) is 18.7 Å². The van der Waals surface area contributed by atoms with Crippen LogP contribution in [-0.2, 0) is 0 Å². The zero-order valence-corrected chi connectivity index (χ0v) is 8.37. The van der Waals surface area contributed by atoms with Crippen molar-refractivity contribution in [3.05, 3.63) is 42.0 Å². The highest BCUT2D eigenvalue weighted by Crippen LogP contribution is 2.21. The van der Waals surface area contributed by atoms with E-state index in [0.29, 0.717) is 5.57 Å². The molecule has 1 rings (SSSR count). The Morgan fingerprint density at radius 1 is 1.40 bits per heavy atom. The molecule has 0 radical (unpaired) electrons. The Hall–Kier alpha value is -2.30. The van der Waals surface area contributed by atoms with Crippen LogP contribution < -0.4 is 4.74 Å². The van der Waals surface area contributed by atoms with Crippen molar-refractivity contribution in [3.63, 3.8) is 0 Å². The van der Waals surface area contributed by atoms with Crippen molar-refractivity contribution < 1.29 is 4.74 Å². The third-order valence-electron chi connectivity index (χ3n) is 1.98. The highest BCUT2D eigenvalue weighted by Gasteiger charge is 2.04. The Labute approximate surface area is 88.4 Å². The zero-order chi connectivity index (χ0) is 11.3. The second-order valence-corrected chi connectivity index (χ2v) is 2.82. The van der Waals surface area contributed by atoms with E-state index in [4.69, 9.17) is 15.4 Å². The molecule has 0 aliphatic rings. The molecular weight excluding hydrogens is 188 g/mol. The predicted octanol–water partition coefficient (Wildman–Crippen LogP) is 2.41. The Balaban J connectivity index is 3.04. The molecule has 1 aromatic rings. The van der Waals surface area contributed by atoms with Gasteiger partial charge in [-0.05, 0) is 23.6 Å². The lowest BCUT2D eigenvalue weighted by Gasteiger charge is -2.03. The number of ether oxygens (including phenoxy) is 1. The lowest BCUT2D eigenvalue weighted by molar-refractivity contribution is 0.415. The van der Waals surface area contributed by atoms with Gasteiger partial charge in [0.2, 0.25) is 0 Å². The van der Waals surface area contributed by atoms with Gasteiger partial charge in [-0.3, -0.25) is 5.41 Å². The van der Waals surface area contributed by atoms with Crippen LogP contribution in [0.15, 0.2) is 36.4 Å². The van der Waals surface area contributed by atoms with Gasteiger partial charge in [0.15, 0.2) is 0 Å². The molecule has 0 fully saturated rings. The summed E-state index contributed by atoms with van der Waals surface area (Å²) in [5, 5.41) is 15.6. The maximum Gasteiger partial charge on any atom is 0.120 e. The predicted molar refractivity (Wildman–Crippen MR) is 58.9 cm³/mol. The molecule has 0 aliphatic carbocycles. The smallest absolute Gasteiger partial charge is 0.120 e. The third kappa shape index (κ3) is 2.34. The van der Waals surface area contributed by atoms with Crippen LogP contribution in [0.25, 0.3) is 5.57 Å². The quantitative estimate of drug-likeness (QED) is 0.460. The zero-order valence-electron chi connectivity index (χ0n) is 8.37. The molecule has 3 nitrogen and oxygen atoms in total. The van der Waals surface area contributed by atoms with Gasteiger partial charge in [0.1, 0.15) is 17.4 Å². The molecule has 0 amide bonds. The number of benzene rings is 1. The Morgan fingerprint density at radius 2 is 2.00 bits per heavy atom. The molecule has 0 aromatic heterocycles. The highest BCUT2D eigenvalue weighted by atomic mass is 16.5. The Morgan fingerprint density at radius 3 is 2.40 bits per heavy atom. The molecule has 0 aliphatic heterocycles. The molecule has 74 valence electrons. The van der Waals surface area contributed by atoms with Crippen LogP contribution in [0.3, 0.4) is 0 Å². The van der Waals surface area contributed by atoms with Crippen molar-refractivity contribution in [3.8, 4) is 11.8 Å². The van der Waals surface area contributed by atoms with Gasteiger partial charge in [-0.25, -0.2) is 0 Å². The molecule has 0 heterocycles. The molecule has 0 unspecified atom stereocenters. The van der Waals surface area contributed by atoms with Crippen LogP contribution in [0.4, 0.5) is 0 Å². The minimum atomic E-state index is 0.139. The van der Waals surface area contributed by atoms with E-state index in [9.17, 15) is 0 Å². The topological polar surface area (TPSA) is 56.9 Å². The second-order valence-electron chi connectivity index (χ2n) is 2.82. The van der Waals surface area contributed by atoms with Crippen molar-refractivity contribution >= 4 is 11.4 Å². The van der Waals surface area contributed by atoms with E-state index in [1.54, 1.807) is 31.4 Å². The standard InChI is InChI=1S/C12H10N2O/c1-9(11(7-13)8-14)10-3-5-12(15-2)6-4-10/h3-6,13H,1H2,2H3. The summed E-state index contributed by atoms with van der Waals surface area (Å²) in [5.41, 5.74) is 1.42. The summed E-state index contributed by atoms with van der Waals surface area (Å²) in [6, 6.07) is 9.00. The number of hydrogen-bond donors (Lipinski definition) is 1. The minimum absolute atomic E-state index is 0.139. The summed E-state index contributed by atoms with van der Waals surface area (Å²) in [5.74, 6) is 2.79. The van der Waals surface area contributed by atoms with E-state index in [1.165, 1.54) is 0 Å². The van der Waals surface area contributed by atoms with Crippen LogP contribution in [-0.4, -0.2) is 13.0 Å². The first-order valence-corrected chi connectivity index (χ1v) is 4.26. The fourth-order valence-corrected chi connectivity index (χ4v) is 1.11. The largest absolute Gasteiger partial charge is 0.497 e. The van der Waals surface area contributed by atoms with Crippen LogP contribution >= 0.6 is 0 Å². The molecule has 0 spiro atoms. The average molecular weight is 198 g/mol. The van der Waals surface area contributed by atoms with Crippen LogP contribution in [0, 0.1) is 16.7 Å². The van der Waals surface area contributed by atoms with Crippen LogP contribution in [0.5, 0.6) is 5.75 Å². The number of rotatable bonds is 3. The van der Waals surface area contributed by atoms with E-state index in [1.807, 2.05) is 6.07 Å². The highest BCUT2D eigenvalue weighted by molar-refractivity contribution is 5.90. The van der Waals surface area contributed by atoms with Crippen molar-refractivity contribution in [1.29, 1.82) is 10.7 Å². The summed E-state index contributed by atoms with van der Waals surface area (Å²) in [7, 11) is 1.59. The number of allylic oxidation sites excluding steroid dienone is 2. The van der Waals surface area contributed by atoms with Gasteiger partial charge < -0.3 is 4.74 Å². The molecule has 0 bridgehead atoms. The van der Waals surface area contributed by atoms with Gasteiger partial charge in [-0.2, -0.15) is 5.26 Å². The fraction of sp³-hybridized carbons (Fsp3) is 0.0833. The third-order valence-corrected chi connectivity index (χ3v) is 1.98. The normalized spacial score (nSPS) is 8.53. The van der Waals surface area contributed by atoms with Crippen molar-refractivity contribution in [2.24, 2.45) is 0 Å². The number of nitrogens with one attached hydrogen (secondary N) is 1. The number of methoxy groups -OCH3 is 1. The molecular formula is C12H10N2O. The fourth-order valence-electron chi connectivity index (χ4n) is 1.11. The van der Waals surface area contributed by atoms with Crippen LogP contribution in [0.1, 0.15) is 5.56 Å². The second kappa shape index (κ2) is 4.80. The Bertz CT molecular complexity index is 459. The molecule has 0 saturated heterocycles. The van der Waals surface area contributed by atoms with E-state index in [-0.39, 0.29) is 5.57 Å². The first-order valence-electron chi connectivity index (χ1n) is 4.26. The van der Waals surface area contributed by atoms with Gasteiger partial charge in [0, 0.05) is 5.57 Å². The summed E-state index contributed by atoms with van der Waals surface area (Å²) >= 11 is 0. The maximum atomic E-state index is 8.70. The average Bonchev–Trinajstić information content (AvgIpc) is 2.30. The molecule has 1 N–H and O–H groups in total. The van der Waals surface area contributed by atoms with Crippen molar-refractivity contribution in [1.82, 2.24) is 0 Å². The summed E-state index contributed by atoms with van der Waals surface area (Å²) in [6.07, 6.45) is 0. The van der Waals surface area contributed by atoms with Crippen molar-refractivity contribution in [2.75, 3.05) is 7.11 Å². The molecule has 0 atom stereocenters. The first-order chi connectivity index (χ1) is 7.22. The SMILES string of the molecule is C=C(C(=C=N)C#N)c1ccc(OC)cc1. The lowest BCUT2D eigenvalue weighted by Crippen LogP contribution is -1.88. The van der Waals surface area contributed by atoms with Gasteiger partial charge in [0.05, 0.1) is 7.11 Å². The van der Waals surface area contributed by atoms with E-state index in [2.05, 4.69) is 12.4 Å². The van der Waals surface area contributed by atoms with Gasteiger partial charge in [-0.15, -0.1) is 0 Å². The monoisotopic (exact) mass is 198 g/mol. The first kappa shape index (κ1) is 10.8. The van der Waals surface area contributed by atoms with E-state index < -0.39 is 0 Å². The summed E-state index contributed by atoms with van der Waals surface area (Å²) < 4.78 is 5.01. The molecule has 0 saturated carbocycles. The summed E-state index contributed by atoms with van der Waals surface area (Å²) in [4.78, 5) is 0. The lowest BCUT2D eigenvalue weighted by atomic mass is 10.0. The van der Waals surface area contributed by atoms with E-state index >= 15 is 0 Å². The van der Waals surface area contributed by atoms with Gasteiger partial charge in [0.25, 0.3) is 0 Å². The number of nitriles is 1. The minimum Gasteiger partial charge on any atom is -0.497 e. The van der Waals surface area contributed by atoms with Crippen LogP contribution in [0.2, 0.25) is 0 Å².